The highest BCUT2D eigenvalue weighted by atomic mass is 32.2. The molecule has 0 N–H and O–H groups in total. The molecule has 1 aromatic heterocycles. The van der Waals surface area contributed by atoms with Crippen LogP contribution in [0.2, 0.25) is 0 Å². The third-order valence-corrected chi connectivity index (χ3v) is 6.98. The maximum Gasteiger partial charge on any atom is 0.232 e. The monoisotopic (exact) mass is 407 g/mol. The van der Waals surface area contributed by atoms with Gasteiger partial charge in [0, 0.05) is 25.4 Å². The molecule has 0 unspecified atom stereocenters. The van der Waals surface area contributed by atoms with Crippen molar-refractivity contribution in [2.75, 3.05) is 18.8 Å². The van der Waals surface area contributed by atoms with E-state index < -0.39 is 0 Å². The second kappa shape index (κ2) is 9.04. The van der Waals surface area contributed by atoms with E-state index in [1.54, 1.807) is 11.8 Å². The van der Waals surface area contributed by atoms with Crippen LogP contribution in [0.5, 0.6) is 0 Å². The van der Waals surface area contributed by atoms with Gasteiger partial charge in [-0.2, -0.15) is 0 Å². The Bertz CT molecular complexity index is 974. The number of nitrogens with zero attached hydrogens (tertiary/aromatic N) is 3. The lowest BCUT2D eigenvalue weighted by Gasteiger charge is -2.32. The summed E-state index contributed by atoms with van der Waals surface area (Å²) in [6.07, 6.45) is 4.11. The minimum absolute atomic E-state index is 0.281. The summed E-state index contributed by atoms with van der Waals surface area (Å²) in [6.45, 7) is 7.04. The van der Waals surface area contributed by atoms with E-state index in [4.69, 9.17) is 0 Å². The highest BCUT2D eigenvalue weighted by Gasteiger charge is 2.23. The molecule has 3 aromatic rings. The molecule has 1 aliphatic rings. The fourth-order valence-electron chi connectivity index (χ4n) is 4.02. The smallest absolute Gasteiger partial charge is 0.232 e. The van der Waals surface area contributed by atoms with Gasteiger partial charge in [-0.3, -0.25) is 4.79 Å². The van der Waals surface area contributed by atoms with Crippen molar-refractivity contribution in [2.45, 2.75) is 39.0 Å². The van der Waals surface area contributed by atoms with Crippen LogP contribution >= 0.6 is 11.8 Å². The molecule has 0 bridgehead atoms. The molecular formula is C24H29N3OS. The maximum atomic E-state index is 12.5. The third-order valence-electron chi connectivity index (χ3n) is 6.00. The Balaban J connectivity index is 1.26. The lowest BCUT2D eigenvalue weighted by molar-refractivity contribution is -0.129. The van der Waals surface area contributed by atoms with E-state index in [0.29, 0.717) is 11.7 Å². The first-order valence-electron chi connectivity index (χ1n) is 10.4. The number of hydrogen-bond acceptors (Lipinski definition) is 3. The average Bonchev–Trinajstić information content (AvgIpc) is 3.11. The third kappa shape index (κ3) is 4.84. The fourth-order valence-corrected chi connectivity index (χ4v) is 4.91. The predicted molar refractivity (Wildman–Crippen MR) is 121 cm³/mol. The van der Waals surface area contributed by atoms with Gasteiger partial charge in [0.05, 0.1) is 23.1 Å². The first-order valence-corrected chi connectivity index (χ1v) is 11.6. The molecule has 0 spiro atoms. The normalized spacial score (nSPS) is 15.2. The molecular weight excluding hydrogens is 378 g/mol. The summed E-state index contributed by atoms with van der Waals surface area (Å²) in [6, 6.07) is 14.8. The second-order valence-electron chi connectivity index (χ2n) is 8.12. The van der Waals surface area contributed by atoms with Crippen molar-refractivity contribution in [3.63, 3.8) is 0 Å². The Hall–Kier alpha value is -2.27. The number of piperidine rings is 1. The number of likely N-dealkylation sites (tertiary alicyclic amines) is 1. The maximum absolute atomic E-state index is 12.5. The van der Waals surface area contributed by atoms with E-state index in [9.17, 15) is 4.79 Å². The summed E-state index contributed by atoms with van der Waals surface area (Å²) in [4.78, 5) is 19.2. The molecule has 2 aromatic carbocycles. The molecule has 2 heterocycles. The van der Waals surface area contributed by atoms with Crippen molar-refractivity contribution in [1.82, 2.24) is 14.5 Å². The first kappa shape index (κ1) is 20.0. The van der Waals surface area contributed by atoms with E-state index in [1.165, 1.54) is 22.2 Å². The zero-order valence-electron chi connectivity index (χ0n) is 17.3. The lowest BCUT2D eigenvalue weighted by Crippen LogP contribution is -2.40. The fraction of sp³-hybridized carbons (Fsp3) is 0.417. The largest absolute Gasteiger partial charge is 0.342 e. The zero-order chi connectivity index (χ0) is 20.2. The minimum atomic E-state index is 0.281. The van der Waals surface area contributed by atoms with Crippen LogP contribution in [0.25, 0.3) is 11.0 Å². The van der Waals surface area contributed by atoms with Crippen LogP contribution in [0.4, 0.5) is 0 Å². The summed E-state index contributed by atoms with van der Waals surface area (Å²) in [5.74, 6) is 2.36. The van der Waals surface area contributed by atoms with Crippen molar-refractivity contribution in [1.29, 1.82) is 0 Å². The van der Waals surface area contributed by atoms with Crippen molar-refractivity contribution >= 4 is 28.7 Å². The quantitative estimate of drug-likeness (QED) is 0.588. The van der Waals surface area contributed by atoms with Gasteiger partial charge in [-0.05, 0) is 61.4 Å². The van der Waals surface area contributed by atoms with E-state index in [1.807, 2.05) is 17.3 Å². The molecule has 1 fully saturated rings. The summed E-state index contributed by atoms with van der Waals surface area (Å²) in [5.41, 5.74) is 6.19. The molecule has 0 atom stereocenters. The average molecular weight is 408 g/mol. The molecule has 0 saturated carbocycles. The van der Waals surface area contributed by atoms with Crippen LogP contribution in [-0.2, 0) is 17.1 Å². The Kier molecular flexibility index (Phi) is 6.24. The standard InChI is InChI=1S/C24H29N3OS/c1-18-12-22-23(13-19(18)2)27(17-25-22)14-20-8-10-26(11-9-20)24(28)16-29-15-21-6-4-3-5-7-21/h3-7,12-13,17,20H,8-11,14-16H2,1-2H3. The van der Waals surface area contributed by atoms with Crippen molar-refractivity contribution in [3.8, 4) is 0 Å². The van der Waals surface area contributed by atoms with Gasteiger partial charge in [-0.1, -0.05) is 30.3 Å². The Labute approximate surface area is 177 Å². The van der Waals surface area contributed by atoms with Crippen LogP contribution in [0.1, 0.15) is 29.5 Å². The minimum Gasteiger partial charge on any atom is -0.342 e. The Morgan fingerprint density at radius 3 is 2.59 bits per heavy atom. The molecule has 1 amide bonds. The summed E-state index contributed by atoms with van der Waals surface area (Å²) in [5, 5.41) is 0. The summed E-state index contributed by atoms with van der Waals surface area (Å²) in [7, 11) is 0. The van der Waals surface area contributed by atoms with Gasteiger partial charge in [-0.25, -0.2) is 4.98 Å². The van der Waals surface area contributed by atoms with Crippen LogP contribution < -0.4 is 0 Å². The Morgan fingerprint density at radius 2 is 1.83 bits per heavy atom. The van der Waals surface area contributed by atoms with Crippen molar-refractivity contribution in [3.05, 3.63) is 65.5 Å². The van der Waals surface area contributed by atoms with Gasteiger partial charge in [0.2, 0.25) is 5.91 Å². The number of carbonyl (C=O) groups is 1. The number of hydrogen-bond donors (Lipinski definition) is 0. The number of imidazole rings is 1. The molecule has 5 heteroatoms. The molecule has 0 radical (unpaired) electrons. The number of thioether (sulfide) groups is 1. The number of amides is 1. The van der Waals surface area contributed by atoms with Gasteiger partial charge in [0.25, 0.3) is 0 Å². The van der Waals surface area contributed by atoms with Gasteiger partial charge in [0.15, 0.2) is 0 Å². The van der Waals surface area contributed by atoms with Gasteiger partial charge in [-0.15, -0.1) is 11.8 Å². The van der Waals surface area contributed by atoms with Crippen molar-refractivity contribution in [2.24, 2.45) is 5.92 Å². The number of aryl methyl sites for hydroxylation is 2. The number of rotatable bonds is 6. The van der Waals surface area contributed by atoms with E-state index >= 15 is 0 Å². The molecule has 4 rings (SSSR count). The van der Waals surface area contributed by atoms with Gasteiger partial charge >= 0.3 is 0 Å². The topological polar surface area (TPSA) is 38.1 Å². The van der Waals surface area contributed by atoms with E-state index in [2.05, 4.69) is 59.8 Å². The van der Waals surface area contributed by atoms with E-state index in [0.717, 1.165) is 43.7 Å². The number of fused-ring (bicyclic) bond motifs is 1. The van der Waals surface area contributed by atoms with Gasteiger partial charge < -0.3 is 9.47 Å². The van der Waals surface area contributed by atoms with Crippen LogP contribution in [0, 0.1) is 19.8 Å². The first-order chi connectivity index (χ1) is 14.1. The zero-order valence-corrected chi connectivity index (χ0v) is 18.1. The number of benzene rings is 2. The highest BCUT2D eigenvalue weighted by Crippen LogP contribution is 2.24. The van der Waals surface area contributed by atoms with Crippen molar-refractivity contribution < 1.29 is 4.79 Å². The van der Waals surface area contributed by atoms with Crippen LogP contribution in [-0.4, -0.2) is 39.2 Å². The van der Waals surface area contributed by atoms with Crippen LogP contribution in [0.3, 0.4) is 0 Å². The highest BCUT2D eigenvalue weighted by molar-refractivity contribution is 7.99. The van der Waals surface area contributed by atoms with Crippen LogP contribution in [0.15, 0.2) is 48.8 Å². The SMILES string of the molecule is Cc1cc2ncn(CC3CCN(C(=O)CSCc4ccccc4)CC3)c2cc1C. The Morgan fingerprint density at radius 1 is 1.10 bits per heavy atom. The number of carbonyl (C=O) groups excluding carboxylic acids is 1. The molecule has 0 aliphatic carbocycles. The molecule has 152 valence electrons. The second-order valence-corrected chi connectivity index (χ2v) is 9.11. The number of aromatic nitrogens is 2. The molecule has 1 saturated heterocycles. The predicted octanol–water partition coefficient (Wildman–Crippen LogP) is 4.83. The summed E-state index contributed by atoms with van der Waals surface area (Å²) >= 11 is 1.71. The molecule has 4 nitrogen and oxygen atoms in total. The molecule has 29 heavy (non-hydrogen) atoms. The van der Waals surface area contributed by atoms with Gasteiger partial charge in [0.1, 0.15) is 0 Å². The molecule has 1 aliphatic heterocycles. The van der Waals surface area contributed by atoms with E-state index in [-0.39, 0.29) is 5.91 Å². The summed E-state index contributed by atoms with van der Waals surface area (Å²) < 4.78 is 2.29. The lowest BCUT2D eigenvalue weighted by atomic mass is 9.96.